The van der Waals surface area contributed by atoms with Crippen molar-refractivity contribution in [1.82, 2.24) is 0 Å². The topological polar surface area (TPSA) is 29.3 Å². The quantitative estimate of drug-likeness (QED) is 0.930. The molecule has 1 unspecified atom stereocenters. The highest BCUT2D eigenvalue weighted by molar-refractivity contribution is 5.54. The zero-order valence-electron chi connectivity index (χ0n) is 12.5. The zero-order valence-corrected chi connectivity index (χ0v) is 12.5. The lowest BCUT2D eigenvalue weighted by Gasteiger charge is -2.28. The molecule has 2 aromatic carbocycles. The minimum atomic E-state index is 0.179. The van der Waals surface area contributed by atoms with Gasteiger partial charge in [0.1, 0.15) is 0 Å². The van der Waals surface area contributed by atoms with Gasteiger partial charge in [-0.05, 0) is 42.9 Å². The van der Waals surface area contributed by atoms with E-state index in [0.717, 1.165) is 19.5 Å². The molecule has 1 aliphatic heterocycles. The molecular formula is C19H24N2. The Hall–Kier alpha value is -1.80. The summed E-state index contributed by atoms with van der Waals surface area (Å²) in [5, 5.41) is 0. The molecule has 2 nitrogen and oxygen atoms in total. The number of rotatable bonds is 4. The van der Waals surface area contributed by atoms with Gasteiger partial charge in [-0.25, -0.2) is 0 Å². The third-order valence-electron chi connectivity index (χ3n) is 4.25. The van der Waals surface area contributed by atoms with Crippen LogP contribution in [-0.4, -0.2) is 19.1 Å². The molecule has 110 valence electrons. The molecule has 0 fully saturated rings. The molecule has 1 heterocycles. The van der Waals surface area contributed by atoms with Crippen molar-refractivity contribution >= 4 is 5.69 Å². The molecule has 2 N–H and O–H groups in total. The van der Waals surface area contributed by atoms with Gasteiger partial charge in [0, 0.05) is 24.8 Å². The smallest absolute Gasteiger partial charge is 0.0399 e. The SMILES string of the molecule is NC(Cc1ccccc1)CN1CCCCc2ccccc21. The van der Waals surface area contributed by atoms with Crippen molar-refractivity contribution < 1.29 is 0 Å². The minimum absolute atomic E-state index is 0.179. The second-order valence-electron chi connectivity index (χ2n) is 5.98. The summed E-state index contributed by atoms with van der Waals surface area (Å²) >= 11 is 0. The number of para-hydroxylation sites is 1. The van der Waals surface area contributed by atoms with Crippen molar-refractivity contribution in [2.24, 2.45) is 5.73 Å². The minimum Gasteiger partial charge on any atom is -0.370 e. The molecule has 0 aliphatic carbocycles. The number of hydrogen-bond acceptors (Lipinski definition) is 2. The van der Waals surface area contributed by atoms with Crippen LogP contribution in [0.5, 0.6) is 0 Å². The summed E-state index contributed by atoms with van der Waals surface area (Å²) < 4.78 is 0. The normalized spacial score (nSPS) is 16.1. The Labute approximate surface area is 127 Å². The molecule has 2 aromatic rings. The lowest BCUT2D eigenvalue weighted by molar-refractivity contribution is 0.617. The van der Waals surface area contributed by atoms with Gasteiger partial charge in [-0.1, -0.05) is 48.5 Å². The fraction of sp³-hybridized carbons (Fsp3) is 0.368. The van der Waals surface area contributed by atoms with Gasteiger partial charge in [-0.3, -0.25) is 0 Å². The van der Waals surface area contributed by atoms with Crippen LogP contribution in [0.4, 0.5) is 5.69 Å². The number of fused-ring (bicyclic) bond motifs is 1. The van der Waals surface area contributed by atoms with Crippen LogP contribution in [0, 0.1) is 0 Å². The molecule has 1 aliphatic rings. The van der Waals surface area contributed by atoms with Crippen LogP contribution in [0.1, 0.15) is 24.0 Å². The van der Waals surface area contributed by atoms with Crippen LogP contribution < -0.4 is 10.6 Å². The lowest BCUT2D eigenvalue weighted by Crippen LogP contribution is -2.39. The summed E-state index contributed by atoms with van der Waals surface area (Å²) in [6, 6.07) is 19.5. The molecule has 3 rings (SSSR count). The second-order valence-corrected chi connectivity index (χ2v) is 5.98. The van der Waals surface area contributed by atoms with Crippen LogP contribution in [0.2, 0.25) is 0 Å². The molecule has 0 saturated heterocycles. The Bertz CT molecular complexity index is 565. The van der Waals surface area contributed by atoms with Crippen molar-refractivity contribution in [2.45, 2.75) is 31.7 Å². The average molecular weight is 280 g/mol. The molecule has 0 saturated carbocycles. The first-order valence-corrected chi connectivity index (χ1v) is 7.95. The first-order valence-electron chi connectivity index (χ1n) is 7.95. The predicted molar refractivity (Wildman–Crippen MR) is 89.7 cm³/mol. The number of benzene rings is 2. The Morgan fingerprint density at radius 1 is 0.952 bits per heavy atom. The molecule has 0 aromatic heterocycles. The zero-order chi connectivity index (χ0) is 14.5. The van der Waals surface area contributed by atoms with Gasteiger partial charge < -0.3 is 10.6 Å². The molecule has 0 amide bonds. The average Bonchev–Trinajstić information content (AvgIpc) is 2.71. The van der Waals surface area contributed by atoms with E-state index in [4.69, 9.17) is 5.73 Å². The van der Waals surface area contributed by atoms with E-state index in [1.165, 1.54) is 36.1 Å². The summed E-state index contributed by atoms with van der Waals surface area (Å²) in [4.78, 5) is 2.48. The Morgan fingerprint density at radius 3 is 2.57 bits per heavy atom. The molecule has 1 atom stereocenters. The summed E-state index contributed by atoms with van der Waals surface area (Å²) in [5.74, 6) is 0. The van der Waals surface area contributed by atoms with Crippen LogP contribution >= 0.6 is 0 Å². The van der Waals surface area contributed by atoms with E-state index in [0.29, 0.717) is 0 Å². The molecular weight excluding hydrogens is 256 g/mol. The molecule has 0 radical (unpaired) electrons. The van der Waals surface area contributed by atoms with Crippen molar-refractivity contribution in [2.75, 3.05) is 18.0 Å². The number of nitrogens with zero attached hydrogens (tertiary/aromatic N) is 1. The van der Waals surface area contributed by atoms with E-state index in [1.807, 2.05) is 0 Å². The fourth-order valence-corrected chi connectivity index (χ4v) is 3.22. The maximum Gasteiger partial charge on any atom is 0.0399 e. The largest absolute Gasteiger partial charge is 0.370 e. The second kappa shape index (κ2) is 6.77. The first kappa shape index (κ1) is 14.2. The Kier molecular flexibility index (Phi) is 4.56. The summed E-state index contributed by atoms with van der Waals surface area (Å²) in [6.45, 7) is 2.06. The highest BCUT2D eigenvalue weighted by Crippen LogP contribution is 2.26. The molecule has 21 heavy (non-hydrogen) atoms. The lowest BCUT2D eigenvalue weighted by atomic mass is 10.1. The highest BCUT2D eigenvalue weighted by atomic mass is 15.1. The van der Waals surface area contributed by atoms with E-state index in [-0.39, 0.29) is 6.04 Å². The Morgan fingerprint density at radius 2 is 1.71 bits per heavy atom. The molecule has 0 spiro atoms. The third kappa shape index (κ3) is 3.64. The number of hydrogen-bond donors (Lipinski definition) is 1. The third-order valence-corrected chi connectivity index (χ3v) is 4.25. The van der Waals surface area contributed by atoms with Crippen LogP contribution in [-0.2, 0) is 12.8 Å². The highest BCUT2D eigenvalue weighted by Gasteiger charge is 2.17. The summed E-state index contributed by atoms with van der Waals surface area (Å²) in [6.07, 6.45) is 4.67. The first-order chi connectivity index (χ1) is 10.3. The number of nitrogens with two attached hydrogens (primary N) is 1. The van der Waals surface area contributed by atoms with Crippen molar-refractivity contribution in [1.29, 1.82) is 0 Å². The predicted octanol–water partition coefficient (Wildman–Crippen LogP) is 3.40. The van der Waals surface area contributed by atoms with Gasteiger partial charge in [0.15, 0.2) is 0 Å². The van der Waals surface area contributed by atoms with Crippen LogP contribution in [0.25, 0.3) is 0 Å². The maximum absolute atomic E-state index is 6.40. The number of aryl methyl sites for hydroxylation is 1. The van der Waals surface area contributed by atoms with E-state index < -0.39 is 0 Å². The summed E-state index contributed by atoms with van der Waals surface area (Å²) in [5.41, 5.74) is 10.6. The monoisotopic (exact) mass is 280 g/mol. The van der Waals surface area contributed by atoms with Crippen LogP contribution in [0.3, 0.4) is 0 Å². The number of anilines is 1. The van der Waals surface area contributed by atoms with Gasteiger partial charge >= 0.3 is 0 Å². The van der Waals surface area contributed by atoms with Crippen LogP contribution in [0.15, 0.2) is 54.6 Å². The van der Waals surface area contributed by atoms with Crippen molar-refractivity contribution in [3.05, 3.63) is 65.7 Å². The molecule has 2 heteroatoms. The van der Waals surface area contributed by atoms with Gasteiger partial charge in [-0.15, -0.1) is 0 Å². The van der Waals surface area contributed by atoms with Crippen molar-refractivity contribution in [3.8, 4) is 0 Å². The van der Waals surface area contributed by atoms with Gasteiger partial charge in [0.25, 0.3) is 0 Å². The standard InChI is InChI=1S/C19H24N2/c20-18(14-16-8-2-1-3-9-16)15-21-13-7-6-11-17-10-4-5-12-19(17)21/h1-5,8-10,12,18H,6-7,11,13-15,20H2. The van der Waals surface area contributed by atoms with E-state index >= 15 is 0 Å². The molecule has 0 bridgehead atoms. The van der Waals surface area contributed by atoms with E-state index in [1.54, 1.807) is 0 Å². The van der Waals surface area contributed by atoms with Crippen molar-refractivity contribution in [3.63, 3.8) is 0 Å². The van der Waals surface area contributed by atoms with Gasteiger partial charge in [-0.2, -0.15) is 0 Å². The fourth-order valence-electron chi connectivity index (χ4n) is 3.22. The van der Waals surface area contributed by atoms with E-state index in [2.05, 4.69) is 59.5 Å². The summed E-state index contributed by atoms with van der Waals surface area (Å²) in [7, 11) is 0. The van der Waals surface area contributed by atoms with E-state index in [9.17, 15) is 0 Å². The maximum atomic E-state index is 6.40. The van der Waals surface area contributed by atoms with Gasteiger partial charge in [0.05, 0.1) is 0 Å². The van der Waals surface area contributed by atoms with Gasteiger partial charge in [0.2, 0.25) is 0 Å². The Balaban J connectivity index is 1.69.